The quantitative estimate of drug-likeness (QED) is 0.0395. The Kier molecular flexibility index (Phi) is 34.7. The number of aromatic nitrogens is 4. The molecule has 0 N–H and O–H groups in total. The van der Waals surface area contributed by atoms with Crippen molar-refractivity contribution in [2.45, 2.75) is 67.7 Å². The average molecular weight is 1920 g/mol. The Balaban J connectivity index is 0.000000183. The highest BCUT2D eigenvalue weighted by molar-refractivity contribution is 9.11. The van der Waals surface area contributed by atoms with Crippen molar-refractivity contribution in [3.63, 3.8) is 0 Å². The standard InChI is InChI=1S/C24H25BrN2O4.C23H23BrN2O5.C22H20BrClN2O4.C22H21BrN2O4/c1-15-7-6-8-21(16(15)2)31-24-20(10-12-23(25)26-24)27(17(3)28)14-18-13-19(29-4)9-11-22(18)30-5;1-15(27)26(14-16-13-19(29-3)9-11-21(16)30-4)20-10-12-22(24)25-23(20)31-18-7-5-17(28-2)6-8-18;1-14(27)26(13-15-12-18(28-2)8-10-20(15)29-3)19-9-11-21(23)25-22(19)30-17-6-4-16(24)5-7-17;1-15(26)25(14-16-13-18(27-2)9-11-20(16)28-3)19-10-12-21(23)24-22(19)29-17-7-5-4-6-8-17/h6-13H,14H2,1-5H3;5-13H,14H2,1-4H3;4-12H,13H2,1-3H3;4-13H,14H2,1-3H3. The summed E-state index contributed by atoms with van der Waals surface area (Å²) in [5.74, 6) is 9.02. The Morgan fingerprint density at radius 1 is 0.289 bits per heavy atom. The van der Waals surface area contributed by atoms with Gasteiger partial charge in [0.1, 0.15) is 116 Å². The molecule has 630 valence electrons. The summed E-state index contributed by atoms with van der Waals surface area (Å²) in [4.78, 5) is 74.6. The molecule has 121 heavy (non-hydrogen) atoms. The second-order valence-corrected chi connectivity index (χ2v) is 29.7. The zero-order chi connectivity index (χ0) is 87.4. The van der Waals surface area contributed by atoms with Crippen molar-refractivity contribution in [1.82, 2.24) is 19.9 Å². The molecule has 0 spiro atoms. The maximum Gasteiger partial charge on any atom is 0.244 e. The molecule has 12 rings (SSSR count). The number of ether oxygens (including phenoxy) is 13. The molecule has 0 atom stereocenters. The summed E-state index contributed by atoms with van der Waals surface area (Å²) in [6, 6.07) is 65.2. The third-order valence-corrected chi connectivity index (χ3v) is 20.2. The molecule has 4 amide bonds. The number of benzene rings is 8. The van der Waals surface area contributed by atoms with Crippen LogP contribution in [-0.2, 0) is 45.4 Å². The van der Waals surface area contributed by atoms with Gasteiger partial charge in [0.25, 0.3) is 0 Å². The molecule has 0 aliphatic heterocycles. The molecule has 8 aromatic carbocycles. The molecule has 0 saturated heterocycles. The average Bonchev–Trinajstić information content (AvgIpc) is 0.816. The molecule has 12 aromatic rings. The van der Waals surface area contributed by atoms with Crippen LogP contribution in [0.25, 0.3) is 0 Å². The third-order valence-electron chi connectivity index (χ3n) is 18.2. The molecule has 25 nitrogen and oxygen atoms in total. The highest BCUT2D eigenvalue weighted by atomic mass is 79.9. The highest BCUT2D eigenvalue weighted by Crippen LogP contribution is 2.42. The number of amides is 4. The molecule has 4 heterocycles. The molecule has 4 aromatic heterocycles. The Morgan fingerprint density at radius 3 is 0.835 bits per heavy atom. The number of carbonyl (C=O) groups excluding carboxylic acids is 4. The van der Waals surface area contributed by atoms with Crippen LogP contribution in [0.15, 0.2) is 237 Å². The lowest BCUT2D eigenvalue weighted by Crippen LogP contribution is -2.28. The van der Waals surface area contributed by atoms with E-state index in [4.69, 9.17) is 73.2 Å². The normalized spacial score (nSPS) is 10.4. The number of halogens is 5. The Morgan fingerprint density at radius 2 is 0.554 bits per heavy atom. The lowest BCUT2D eigenvalue weighted by molar-refractivity contribution is -0.117. The summed E-state index contributed by atoms with van der Waals surface area (Å²) < 4.78 is 74.9. The van der Waals surface area contributed by atoms with Gasteiger partial charge in [0.05, 0.1) is 90.2 Å². The van der Waals surface area contributed by atoms with Crippen molar-refractivity contribution >= 4 is 122 Å². The maximum atomic E-state index is 12.7. The van der Waals surface area contributed by atoms with Gasteiger partial charge in [-0.05, 0) is 277 Å². The highest BCUT2D eigenvalue weighted by Gasteiger charge is 2.27. The first kappa shape index (κ1) is 92.7. The van der Waals surface area contributed by atoms with Gasteiger partial charge in [0, 0.05) is 55.0 Å². The topological polar surface area (TPSA) is 253 Å². The first-order valence-corrected chi connectivity index (χ1v) is 40.6. The number of pyridine rings is 4. The van der Waals surface area contributed by atoms with Crippen molar-refractivity contribution in [2.75, 3.05) is 83.6 Å². The van der Waals surface area contributed by atoms with E-state index in [1.165, 1.54) is 27.7 Å². The van der Waals surface area contributed by atoms with E-state index < -0.39 is 0 Å². The minimum atomic E-state index is -0.176. The summed E-state index contributed by atoms with van der Waals surface area (Å²) in [6.45, 7) is 11.0. The molecule has 0 aliphatic carbocycles. The summed E-state index contributed by atoms with van der Waals surface area (Å²) in [7, 11) is 14.3. The van der Waals surface area contributed by atoms with Crippen LogP contribution in [0.5, 0.6) is 98.3 Å². The van der Waals surface area contributed by atoms with Gasteiger partial charge < -0.3 is 81.2 Å². The predicted octanol–water partition coefficient (Wildman–Crippen LogP) is 22.1. The van der Waals surface area contributed by atoms with E-state index >= 15 is 0 Å². The van der Waals surface area contributed by atoms with Crippen molar-refractivity contribution in [2.24, 2.45) is 0 Å². The molecular weight excluding hydrogens is 1830 g/mol. The van der Waals surface area contributed by atoms with Crippen molar-refractivity contribution in [3.8, 4) is 98.3 Å². The van der Waals surface area contributed by atoms with Crippen molar-refractivity contribution in [3.05, 3.63) is 275 Å². The molecule has 0 aliphatic rings. The van der Waals surface area contributed by atoms with Crippen LogP contribution in [0, 0.1) is 13.8 Å². The fourth-order valence-corrected chi connectivity index (χ4v) is 13.1. The second-order valence-electron chi connectivity index (χ2n) is 26.0. The zero-order valence-corrected chi connectivity index (χ0v) is 76.1. The number of hydrogen-bond donors (Lipinski definition) is 0. The number of nitrogens with zero attached hydrogens (tertiary/aromatic N) is 8. The van der Waals surface area contributed by atoms with Crippen LogP contribution in [0.1, 0.15) is 61.1 Å². The largest absolute Gasteiger partial charge is 0.497 e. The number of hydrogen-bond acceptors (Lipinski definition) is 21. The number of carbonyl (C=O) groups is 4. The van der Waals surface area contributed by atoms with Gasteiger partial charge in [-0.2, -0.15) is 0 Å². The molecule has 30 heteroatoms. The lowest BCUT2D eigenvalue weighted by Gasteiger charge is -2.24. The Bertz CT molecular complexity index is 5550. The number of para-hydroxylation sites is 1. The lowest BCUT2D eigenvalue weighted by atomic mass is 10.1. The first-order valence-electron chi connectivity index (χ1n) is 37.1. The smallest absolute Gasteiger partial charge is 0.244 e. The monoisotopic (exact) mass is 1920 g/mol. The van der Waals surface area contributed by atoms with Crippen LogP contribution in [0.2, 0.25) is 5.02 Å². The molecule has 0 fully saturated rings. The van der Waals surface area contributed by atoms with E-state index in [1.54, 1.807) is 199 Å². The molecule has 0 bridgehead atoms. The van der Waals surface area contributed by atoms with Crippen molar-refractivity contribution < 1.29 is 80.8 Å². The SMILES string of the molecule is COc1ccc(OC)c(CN(C(C)=O)c2ccc(Br)nc2Oc2ccc(Cl)cc2)c1.COc1ccc(OC)c(CN(C(C)=O)c2ccc(Br)nc2Oc2cccc(C)c2C)c1.COc1ccc(OC)c(CN(C(C)=O)c2ccc(Br)nc2Oc2ccccc2)c1.COc1ccc(Oc2nc(Br)ccc2N(Cc2cc(OC)ccc2OC)C(C)=O)cc1. The number of methoxy groups -OCH3 is 9. The maximum absolute atomic E-state index is 12.7. The van der Waals surface area contributed by atoms with Gasteiger partial charge in [0.15, 0.2) is 0 Å². The number of rotatable bonds is 29. The summed E-state index contributed by atoms with van der Waals surface area (Å²) >= 11 is 19.5. The van der Waals surface area contributed by atoms with Crippen molar-refractivity contribution in [1.29, 1.82) is 0 Å². The minimum Gasteiger partial charge on any atom is -0.497 e. The third kappa shape index (κ3) is 25.9. The molecule has 0 radical (unpaired) electrons. The first-order chi connectivity index (χ1) is 58.2. The van der Waals surface area contributed by atoms with E-state index in [9.17, 15) is 19.2 Å². The molecule has 0 unspecified atom stereocenters. The van der Waals surface area contributed by atoms with Crippen LogP contribution >= 0.6 is 75.3 Å². The number of aryl methyl sites for hydroxylation is 1. The van der Waals surface area contributed by atoms with Crippen LogP contribution < -0.4 is 81.2 Å². The molecular formula is C91H89Br4ClN8O17. The Labute approximate surface area is 741 Å². The Hall–Kier alpha value is -12.2. The van der Waals surface area contributed by atoms with Gasteiger partial charge in [-0.25, -0.2) is 19.9 Å². The molecule has 0 saturated carbocycles. The summed E-state index contributed by atoms with van der Waals surface area (Å²) in [5.41, 5.74) is 7.45. The fourth-order valence-electron chi connectivity index (χ4n) is 11.8. The van der Waals surface area contributed by atoms with Crippen LogP contribution in [0.4, 0.5) is 22.7 Å². The second kappa shape index (κ2) is 45.3. The van der Waals surface area contributed by atoms with Gasteiger partial charge in [-0.1, -0.05) is 41.9 Å². The van der Waals surface area contributed by atoms with E-state index in [0.717, 1.165) is 33.4 Å². The zero-order valence-electron chi connectivity index (χ0n) is 69.0. The van der Waals surface area contributed by atoms with Gasteiger partial charge in [0.2, 0.25) is 47.1 Å². The van der Waals surface area contributed by atoms with Crippen LogP contribution in [-0.4, -0.2) is 108 Å². The van der Waals surface area contributed by atoms with E-state index in [2.05, 4.69) is 83.7 Å². The summed E-state index contributed by atoms with van der Waals surface area (Å²) in [5, 5.41) is 0.597. The van der Waals surface area contributed by atoms with Gasteiger partial charge >= 0.3 is 0 Å². The minimum absolute atomic E-state index is 0.153. The van der Waals surface area contributed by atoms with E-state index in [1.807, 2.05) is 117 Å². The van der Waals surface area contributed by atoms with E-state index in [0.29, 0.717) is 133 Å². The summed E-state index contributed by atoms with van der Waals surface area (Å²) in [6.07, 6.45) is 0. The number of anilines is 4. The van der Waals surface area contributed by atoms with Gasteiger partial charge in [-0.15, -0.1) is 0 Å². The fraction of sp³-hybridized carbons (Fsp3) is 0.209. The predicted molar refractivity (Wildman–Crippen MR) is 480 cm³/mol. The van der Waals surface area contributed by atoms with Gasteiger partial charge in [-0.3, -0.25) is 19.2 Å². The van der Waals surface area contributed by atoms with Crippen LogP contribution in [0.3, 0.4) is 0 Å². The van der Waals surface area contributed by atoms with E-state index in [-0.39, 0.29) is 61.6 Å².